The summed E-state index contributed by atoms with van der Waals surface area (Å²) in [5, 5.41) is 0. The molecule has 0 aromatic heterocycles. The summed E-state index contributed by atoms with van der Waals surface area (Å²) < 4.78 is 5.44. The van der Waals surface area contributed by atoms with Gasteiger partial charge in [-0.25, -0.2) is 4.79 Å². The third kappa shape index (κ3) is 1.93. The van der Waals surface area contributed by atoms with Crippen molar-refractivity contribution in [3.8, 4) is 0 Å². The number of hydrogen-bond acceptors (Lipinski definition) is 2. The Morgan fingerprint density at radius 1 is 1.50 bits per heavy atom. The Morgan fingerprint density at radius 2 is 2.25 bits per heavy atom. The molecule has 0 heterocycles. The first-order valence-electron chi connectivity index (χ1n) is 6.13. The van der Waals surface area contributed by atoms with E-state index in [1.54, 1.807) is 0 Å². The van der Waals surface area contributed by atoms with E-state index in [4.69, 9.17) is 4.74 Å². The van der Waals surface area contributed by atoms with Crippen LogP contribution in [0.15, 0.2) is 24.8 Å². The van der Waals surface area contributed by atoms with Gasteiger partial charge in [0.05, 0.1) is 0 Å². The summed E-state index contributed by atoms with van der Waals surface area (Å²) in [4.78, 5) is 11.3. The molecule has 0 aromatic rings. The molecular formula is C14H20O2. The van der Waals surface area contributed by atoms with Crippen molar-refractivity contribution in [2.24, 2.45) is 23.7 Å². The lowest BCUT2D eigenvalue weighted by molar-refractivity contribution is -0.150. The number of esters is 1. The Labute approximate surface area is 97.4 Å². The topological polar surface area (TPSA) is 26.3 Å². The van der Waals surface area contributed by atoms with E-state index < -0.39 is 0 Å². The van der Waals surface area contributed by atoms with Crippen LogP contribution >= 0.6 is 0 Å². The van der Waals surface area contributed by atoms with Gasteiger partial charge in [0.2, 0.25) is 0 Å². The Balaban J connectivity index is 2.07. The minimum Gasteiger partial charge on any atom is -0.459 e. The van der Waals surface area contributed by atoms with Crippen LogP contribution in [0.4, 0.5) is 0 Å². The Hall–Kier alpha value is -1.05. The molecule has 0 bridgehead atoms. The first kappa shape index (κ1) is 11.4. The number of fused-ring (bicyclic) bond motifs is 1. The normalized spacial score (nSPS) is 41.5. The molecule has 2 heteroatoms. The molecule has 0 aliphatic heterocycles. The lowest BCUT2D eigenvalue weighted by Crippen LogP contribution is -2.40. The maximum absolute atomic E-state index is 11.3. The van der Waals surface area contributed by atoms with Crippen molar-refractivity contribution in [1.29, 1.82) is 0 Å². The van der Waals surface area contributed by atoms with Gasteiger partial charge in [0, 0.05) is 6.08 Å². The lowest BCUT2D eigenvalue weighted by Gasteiger charge is -2.41. The van der Waals surface area contributed by atoms with Gasteiger partial charge in [-0.05, 0) is 36.5 Å². The Bertz CT molecular complexity index is 319. The molecule has 2 rings (SSSR count). The third-order valence-corrected chi connectivity index (χ3v) is 4.22. The molecule has 5 unspecified atom stereocenters. The molecule has 5 atom stereocenters. The van der Waals surface area contributed by atoms with Gasteiger partial charge in [0.25, 0.3) is 0 Å². The van der Waals surface area contributed by atoms with Crippen LogP contribution < -0.4 is 0 Å². The van der Waals surface area contributed by atoms with Crippen LogP contribution in [0.2, 0.25) is 0 Å². The standard InChI is InChI=1S/C14H20O2/c1-4-14(15)16-13-8-9(2)11-6-5-7-12(11)10(13)3/h4-5,7,9-13H,1,6,8H2,2-3H3. The van der Waals surface area contributed by atoms with Crippen molar-refractivity contribution >= 4 is 5.97 Å². The fourth-order valence-corrected chi connectivity index (χ4v) is 3.23. The van der Waals surface area contributed by atoms with Crippen molar-refractivity contribution in [2.75, 3.05) is 0 Å². The van der Waals surface area contributed by atoms with Gasteiger partial charge in [-0.2, -0.15) is 0 Å². The van der Waals surface area contributed by atoms with Gasteiger partial charge in [0.15, 0.2) is 0 Å². The molecule has 0 spiro atoms. The van der Waals surface area contributed by atoms with E-state index >= 15 is 0 Å². The van der Waals surface area contributed by atoms with Crippen molar-refractivity contribution in [2.45, 2.75) is 32.8 Å². The van der Waals surface area contributed by atoms with E-state index in [0.29, 0.717) is 17.8 Å². The number of ether oxygens (including phenoxy) is 1. The van der Waals surface area contributed by atoms with E-state index in [-0.39, 0.29) is 12.1 Å². The van der Waals surface area contributed by atoms with Crippen molar-refractivity contribution in [3.05, 3.63) is 24.8 Å². The maximum Gasteiger partial charge on any atom is 0.330 e. The molecule has 1 saturated carbocycles. The van der Waals surface area contributed by atoms with Crippen LogP contribution in [0.3, 0.4) is 0 Å². The molecule has 2 nitrogen and oxygen atoms in total. The van der Waals surface area contributed by atoms with Gasteiger partial charge >= 0.3 is 5.97 Å². The van der Waals surface area contributed by atoms with E-state index in [1.165, 1.54) is 12.5 Å². The predicted molar refractivity (Wildman–Crippen MR) is 63.8 cm³/mol. The van der Waals surface area contributed by atoms with Gasteiger partial charge in [-0.15, -0.1) is 0 Å². The molecule has 0 radical (unpaired) electrons. The molecule has 0 saturated heterocycles. The maximum atomic E-state index is 11.3. The van der Waals surface area contributed by atoms with Crippen molar-refractivity contribution in [1.82, 2.24) is 0 Å². The molecule has 16 heavy (non-hydrogen) atoms. The van der Waals surface area contributed by atoms with E-state index in [0.717, 1.165) is 12.3 Å². The van der Waals surface area contributed by atoms with Gasteiger partial charge in [-0.1, -0.05) is 32.6 Å². The minimum atomic E-state index is -0.288. The predicted octanol–water partition coefficient (Wildman–Crippen LogP) is 2.95. The average molecular weight is 220 g/mol. The van der Waals surface area contributed by atoms with E-state index in [1.807, 2.05) is 0 Å². The van der Waals surface area contributed by atoms with Crippen LogP contribution in [0.25, 0.3) is 0 Å². The van der Waals surface area contributed by atoms with Crippen LogP contribution in [-0.4, -0.2) is 12.1 Å². The average Bonchev–Trinajstić information content (AvgIpc) is 2.74. The number of hydrogen-bond donors (Lipinski definition) is 0. The summed E-state index contributed by atoms with van der Waals surface area (Å²) in [5.74, 6) is 2.13. The zero-order valence-electron chi connectivity index (χ0n) is 10.1. The molecule has 88 valence electrons. The third-order valence-electron chi connectivity index (χ3n) is 4.22. The molecule has 2 aliphatic carbocycles. The quantitative estimate of drug-likeness (QED) is 0.406. The number of carbonyl (C=O) groups excluding carboxylic acids is 1. The lowest BCUT2D eigenvalue weighted by atomic mass is 9.68. The van der Waals surface area contributed by atoms with E-state index in [9.17, 15) is 4.79 Å². The highest BCUT2D eigenvalue weighted by Crippen LogP contribution is 2.45. The summed E-state index contributed by atoms with van der Waals surface area (Å²) >= 11 is 0. The summed E-state index contributed by atoms with van der Waals surface area (Å²) in [6, 6.07) is 0. The highest BCUT2D eigenvalue weighted by atomic mass is 16.5. The Kier molecular flexibility index (Phi) is 3.17. The minimum absolute atomic E-state index is 0.0597. The van der Waals surface area contributed by atoms with Crippen LogP contribution in [0.1, 0.15) is 26.7 Å². The zero-order chi connectivity index (χ0) is 11.7. The van der Waals surface area contributed by atoms with Gasteiger partial charge in [0.1, 0.15) is 6.10 Å². The fraction of sp³-hybridized carbons (Fsp3) is 0.643. The molecule has 0 aromatic carbocycles. The molecule has 0 amide bonds. The highest BCUT2D eigenvalue weighted by Gasteiger charge is 2.42. The second-order valence-corrected chi connectivity index (χ2v) is 5.16. The second-order valence-electron chi connectivity index (χ2n) is 5.16. The molecule has 0 N–H and O–H groups in total. The van der Waals surface area contributed by atoms with Crippen LogP contribution in [0.5, 0.6) is 0 Å². The largest absolute Gasteiger partial charge is 0.459 e. The second kappa shape index (κ2) is 4.44. The molecule has 2 aliphatic rings. The summed E-state index contributed by atoms with van der Waals surface area (Å²) in [7, 11) is 0. The molecule has 1 fully saturated rings. The van der Waals surface area contributed by atoms with E-state index in [2.05, 4.69) is 32.6 Å². The first-order chi connectivity index (χ1) is 7.63. The van der Waals surface area contributed by atoms with Gasteiger partial charge < -0.3 is 4.74 Å². The summed E-state index contributed by atoms with van der Waals surface area (Å²) in [6.45, 7) is 7.91. The highest BCUT2D eigenvalue weighted by molar-refractivity contribution is 5.81. The zero-order valence-corrected chi connectivity index (χ0v) is 10.1. The fourth-order valence-electron chi connectivity index (χ4n) is 3.23. The molecular weight excluding hydrogens is 200 g/mol. The number of rotatable bonds is 2. The van der Waals surface area contributed by atoms with Crippen molar-refractivity contribution < 1.29 is 9.53 Å². The van der Waals surface area contributed by atoms with Crippen LogP contribution in [-0.2, 0) is 9.53 Å². The van der Waals surface area contributed by atoms with Gasteiger partial charge in [-0.3, -0.25) is 0 Å². The Morgan fingerprint density at radius 3 is 2.94 bits per heavy atom. The summed E-state index contributed by atoms with van der Waals surface area (Å²) in [5.41, 5.74) is 0. The van der Waals surface area contributed by atoms with Crippen molar-refractivity contribution in [3.63, 3.8) is 0 Å². The monoisotopic (exact) mass is 220 g/mol. The van der Waals surface area contributed by atoms with Crippen LogP contribution in [0, 0.1) is 23.7 Å². The number of carbonyl (C=O) groups is 1. The SMILES string of the molecule is C=CC(=O)OC1CC(C)C2CC=CC2C1C. The number of allylic oxidation sites excluding steroid dienone is 2. The summed E-state index contributed by atoms with van der Waals surface area (Å²) in [6.07, 6.45) is 8.08. The first-order valence-corrected chi connectivity index (χ1v) is 6.13. The smallest absolute Gasteiger partial charge is 0.330 e.